The van der Waals surface area contributed by atoms with E-state index in [1.54, 1.807) is 60.7 Å². The molecule has 0 fully saturated rings. The smallest absolute Gasteiger partial charge is 0.336 e. The summed E-state index contributed by atoms with van der Waals surface area (Å²) in [6.45, 7) is 1.93. The van der Waals surface area contributed by atoms with Crippen LogP contribution in [-0.2, 0) is 4.79 Å². The number of nitrogens with one attached hydrogen (secondary N) is 2. The highest BCUT2D eigenvalue weighted by atomic mass is 35.5. The molecule has 1 heterocycles. The van der Waals surface area contributed by atoms with Crippen molar-refractivity contribution in [1.29, 1.82) is 0 Å². The van der Waals surface area contributed by atoms with E-state index < -0.39 is 11.9 Å². The van der Waals surface area contributed by atoms with Crippen molar-refractivity contribution in [2.24, 2.45) is 0 Å². The Kier molecular flexibility index (Phi) is 8.68. The lowest BCUT2D eigenvalue weighted by Gasteiger charge is -2.15. The molecule has 7 nitrogen and oxygen atoms in total. The molecule has 1 atom stereocenters. The molecule has 4 aromatic carbocycles. The zero-order valence-electron chi connectivity index (χ0n) is 21.8. The number of thiazole rings is 1. The summed E-state index contributed by atoms with van der Waals surface area (Å²) in [4.78, 5) is 43.5. The zero-order valence-corrected chi connectivity index (χ0v) is 24.1. The van der Waals surface area contributed by atoms with Gasteiger partial charge in [0.25, 0.3) is 5.91 Å². The molecular formula is C31H24ClN3O4S2. The maximum absolute atomic E-state index is 13.2. The Morgan fingerprint density at radius 3 is 2.37 bits per heavy atom. The van der Waals surface area contributed by atoms with Gasteiger partial charge in [0, 0.05) is 37.5 Å². The highest BCUT2D eigenvalue weighted by molar-refractivity contribution is 8.00. The molecule has 0 spiro atoms. The maximum atomic E-state index is 13.2. The van der Waals surface area contributed by atoms with Crippen molar-refractivity contribution in [3.8, 4) is 11.3 Å². The molecule has 0 saturated carbocycles. The topological polar surface area (TPSA) is 108 Å². The second-order valence-electron chi connectivity index (χ2n) is 9.05. The van der Waals surface area contributed by atoms with E-state index in [0.717, 1.165) is 16.2 Å². The van der Waals surface area contributed by atoms with Crippen molar-refractivity contribution >= 4 is 74.1 Å². The Bertz CT molecular complexity index is 1750. The summed E-state index contributed by atoms with van der Waals surface area (Å²) >= 11 is 8.71. The number of anilines is 2. The van der Waals surface area contributed by atoms with Crippen LogP contribution in [-0.4, -0.2) is 33.1 Å². The number of benzene rings is 4. The average Bonchev–Trinajstić information content (AvgIpc) is 3.44. The molecule has 3 N–H and O–H groups in total. The van der Waals surface area contributed by atoms with Gasteiger partial charge >= 0.3 is 5.97 Å². The number of carbonyl (C=O) groups is 3. The molecular weight excluding hydrogens is 578 g/mol. The van der Waals surface area contributed by atoms with Gasteiger partial charge in [-0.1, -0.05) is 61.0 Å². The molecule has 1 aromatic heterocycles. The number of amides is 2. The van der Waals surface area contributed by atoms with Gasteiger partial charge in [-0.05, 0) is 54.3 Å². The minimum absolute atomic E-state index is 0.0647. The fourth-order valence-electron chi connectivity index (χ4n) is 4.31. The minimum Gasteiger partial charge on any atom is -0.478 e. The van der Waals surface area contributed by atoms with Crippen LogP contribution in [0.4, 0.5) is 10.8 Å². The standard InChI is InChI=1S/C31H24ClN3O4S2/c1-2-26(29(37)35-31-34-25(17-40-31)18-12-14-20(32)15-13-18)41-22-9-5-8-21(16-22)33-28(36)23-10-3-6-19-7-4-11-24(27(19)23)30(38)39/h3-17,26H,2H2,1H3,(H,33,36)(H,38,39)(H,34,35,37). The van der Waals surface area contributed by atoms with Gasteiger partial charge in [0.05, 0.1) is 16.5 Å². The fourth-order valence-corrected chi connectivity index (χ4v) is 6.17. The number of rotatable bonds is 9. The normalized spacial score (nSPS) is 11.7. The third kappa shape index (κ3) is 6.59. The van der Waals surface area contributed by atoms with E-state index in [4.69, 9.17) is 11.6 Å². The number of aromatic carboxylic acids is 1. The van der Waals surface area contributed by atoms with Gasteiger partial charge in [-0.3, -0.25) is 9.59 Å². The first-order valence-electron chi connectivity index (χ1n) is 12.7. The van der Waals surface area contributed by atoms with Crippen molar-refractivity contribution in [2.75, 3.05) is 10.6 Å². The first-order valence-corrected chi connectivity index (χ1v) is 14.8. The largest absolute Gasteiger partial charge is 0.478 e. The van der Waals surface area contributed by atoms with Crippen LogP contribution >= 0.6 is 34.7 Å². The third-order valence-electron chi connectivity index (χ3n) is 6.29. The van der Waals surface area contributed by atoms with E-state index in [1.165, 1.54) is 29.2 Å². The molecule has 0 aliphatic rings. The van der Waals surface area contributed by atoms with Crippen LogP contribution in [0.2, 0.25) is 5.02 Å². The second kappa shape index (κ2) is 12.6. The lowest BCUT2D eigenvalue weighted by Crippen LogP contribution is -2.24. The van der Waals surface area contributed by atoms with E-state index in [-0.39, 0.29) is 22.3 Å². The third-order valence-corrected chi connectivity index (χ3v) is 8.66. The van der Waals surface area contributed by atoms with E-state index in [2.05, 4.69) is 15.6 Å². The second-order valence-corrected chi connectivity index (χ2v) is 11.6. The summed E-state index contributed by atoms with van der Waals surface area (Å²) < 4.78 is 0. The molecule has 41 heavy (non-hydrogen) atoms. The molecule has 0 radical (unpaired) electrons. The van der Waals surface area contributed by atoms with E-state index in [9.17, 15) is 19.5 Å². The Hall–Kier alpha value is -4.18. The van der Waals surface area contributed by atoms with Crippen LogP contribution in [0, 0.1) is 0 Å². The Morgan fingerprint density at radius 1 is 0.951 bits per heavy atom. The van der Waals surface area contributed by atoms with Crippen LogP contribution in [0.25, 0.3) is 22.0 Å². The Labute approximate surface area is 249 Å². The number of carbonyl (C=O) groups excluding carboxylic acids is 2. The molecule has 0 aliphatic heterocycles. The fraction of sp³-hybridized carbons (Fsp3) is 0.0968. The molecule has 0 bridgehead atoms. The number of halogens is 1. The number of fused-ring (bicyclic) bond motifs is 1. The van der Waals surface area contributed by atoms with Gasteiger partial charge in [-0.15, -0.1) is 23.1 Å². The first-order chi connectivity index (χ1) is 19.8. The molecule has 206 valence electrons. The Morgan fingerprint density at radius 2 is 1.66 bits per heavy atom. The summed E-state index contributed by atoms with van der Waals surface area (Å²) in [6, 6.07) is 24.6. The van der Waals surface area contributed by atoms with Crippen molar-refractivity contribution in [3.63, 3.8) is 0 Å². The van der Waals surface area contributed by atoms with Crippen molar-refractivity contribution < 1.29 is 19.5 Å². The molecule has 0 aliphatic carbocycles. The lowest BCUT2D eigenvalue weighted by atomic mass is 9.98. The van der Waals surface area contributed by atoms with Crippen molar-refractivity contribution in [1.82, 2.24) is 4.98 Å². The monoisotopic (exact) mass is 601 g/mol. The van der Waals surface area contributed by atoms with Crippen LogP contribution in [0.3, 0.4) is 0 Å². The minimum atomic E-state index is -1.10. The van der Waals surface area contributed by atoms with Crippen LogP contribution in [0.5, 0.6) is 0 Å². The Balaban J connectivity index is 1.28. The van der Waals surface area contributed by atoms with Gasteiger partial charge in [-0.25, -0.2) is 9.78 Å². The summed E-state index contributed by atoms with van der Waals surface area (Å²) in [5.41, 5.74) is 2.54. The molecule has 5 aromatic rings. The predicted octanol–water partition coefficient (Wildman–Crippen LogP) is 8.08. The molecule has 1 unspecified atom stereocenters. The van der Waals surface area contributed by atoms with E-state index in [0.29, 0.717) is 33.0 Å². The summed E-state index contributed by atoms with van der Waals surface area (Å²) in [6.07, 6.45) is 0.580. The van der Waals surface area contributed by atoms with Crippen LogP contribution in [0.1, 0.15) is 34.1 Å². The number of aromatic nitrogens is 1. The molecule has 2 amide bonds. The van der Waals surface area contributed by atoms with Gasteiger partial charge in [0.2, 0.25) is 5.91 Å². The molecule has 0 saturated heterocycles. The molecule has 5 rings (SSSR count). The van der Waals surface area contributed by atoms with Gasteiger partial charge < -0.3 is 15.7 Å². The van der Waals surface area contributed by atoms with E-state index >= 15 is 0 Å². The van der Waals surface area contributed by atoms with Gasteiger partial charge in [0.15, 0.2) is 5.13 Å². The zero-order chi connectivity index (χ0) is 28.9. The lowest BCUT2D eigenvalue weighted by molar-refractivity contribution is -0.115. The highest BCUT2D eigenvalue weighted by Gasteiger charge is 2.21. The van der Waals surface area contributed by atoms with Crippen LogP contribution < -0.4 is 10.6 Å². The molecule has 10 heteroatoms. The number of hydrogen-bond acceptors (Lipinski definition) is 6. The van der Waals surface area contributed by atoms with Gasteiger partial charge in [0.1, 0.15) is 0 Å². The van der Waals surface area contributed by atoms with E-state index in [1.807, 2.05) is 30.5 Å². The number of thioether (sulfide) groups is 1. The average molecular weight is 602 g/mol. The first kappa shape index (κ1) is 28.4. The predicted molar refractivity (Wildman–Crippen MR) is 166 cm³/mol. The number of nitrogens with zero attached hydrogens (tertiary/aromatic N) is 1. The maximum Gasteiger partial charge on any atom is 0.336 e. The van der Waals surface area contributed by atoms with Crippen molar-refractivity contribution in [3.05, 3.63) is 106 Å². The SMILES string of the molecule is CCC(Sc1cccc(NC(=O)c2cccc3cccc(C(=O)O)c23)c1)C(=O)Nc1nc(-c2ccc(Cl)cc2)cs1. The summed E-state index contributed by atoms with van der Waals surface area (Å²) in [5.74, 6) is -1.69. The van der Waals surface area contributed by atoms with Crippen molar-refractivity contribution in [2.45, 2.75) is 23.5 Å². The summed E-state index contributed by atoms with van der Waals surface area (Å²) in [5, 5.41) is 19.1. The number of hydrogen-bond donors (Lipinski definition) is 3. The number of carboxylic acid groups (broad SMARTS) is 1. The highest BCUT2D eigenvalue weighted by Crippen LogP contribution is 2.31. The quantitative estimate of drug-likeness (QED) is 0.147. The van der Waals surface area contributed by atoms with Gasteiger partial charge in [-0.2, -0.15) is 0 Å². The summed E-state index contributed by atoms with van der Waals surface area (Å²) in [7, 11) is 0. The number of carboxylic acids is 1. The van der Waals surface area contributed by atoms with Crippen LogP contribution in [0.15, 0.2) is 95.2 Å².